The van der Waals surface area contributed by atoms with Crippen molar-refractivity contribution >= 4 is 23.1 Å². The summed E-state index contributed by atoms with van der Waals surface area (Å²) in [5.41, 5.74) is 7.24. The molecule has 0 radical (unpaired) electrons. The molecular weight excluding hydrogens is 278 g/mol. The molecule has 1 amide bonds. The lowest BCUT2D eigenvalue weighted by Gasteiger charge is -2.19. The highest BCUT2D eigenvalue weighted by Crippen LogP contribution is 2.25. The Kier molecular flexibility index (Phi) is 3.79. The lowest BCUT2D eigenvalue weighted by Crippen LogP contribution is -2.31. The van der Waals surface area contributed by atoms with Crippen molar-refractivity contribution in [3.05, 3.63) is 41.1 Å². The maximum Gasteiger partial charge on any atom is 0.240 e. The van der Waals surface area contributed by atoms with E-state index < -0.39 is 0 Å². The molecule has 0 bridgehead atoms. The van der Waals surface area contributed by atoms with Crippen molar-refractivity contribution in [1.82, 2.24) is 5.43 Å². The molecule has 1 aliphatic heterocycles. The number of carbonyl (C=O) groups excluding carboxylic acids is 2. The topological polar surface area (TPSA) is 70.6 Å². The Bertz CT molecular complexity index is 686. The number of benzene rings is 1. The van der Waals surface area contributed by atoms with Crippen LogP contribution in [0.15, 0.2) is 40.6 Å². The van der Waals surface area contributed by atoms with Gasteiger partial charge in [0.25, 0.3) is 0 Å². The molecule has 2 aliphatic rings. The van der Waals surface area contributed by atoms with E-state index in [1.807, 2.05) is 38.1 Å². The van der Waals surface area contributed by atoms with Crippen molar-refractivity contribution in [1.29, 1.82) is 0 Å². The Morgan fingerprint density at radius 2 is 1.91 bits per heavy atom. The van der Waals surface area contributed by atoms with E-state index in [-0.39, 0.29) is 17.6 Å². The largest absolute Gasteiger partial charge is 0.359 e. The Morgan fingerprint density at radius 3 is 2.50 bits per heavy atom. The Balaban J connectivity index is 1.76. The van der Waals surface area contributed by atoms with Gasteiger partial charge in [-0.15, -0.1) is 0 Å². The van der Waals surface area contributed by atoms with Crippen LogP contribution in [0.5, 0.6) is 0 Å². The van der Waals surface area contributed by atoms with E-state index in [1.165, 1.54) is 0 Å². The van der Waals surface area contributed by atoms with Crippen LogP contribution in [0, 0.1) is 5.92 Å². The standard InChI is InChI=1S/C17H19N3O2/c1-10-9-16(22)19-20-17(10)12-3-5-13(6-4-12)18-14-7-8-15(21)11(14)2/h3-6,10,18H,7-9H2,1-2H3,(H,19,22). The molecule has 0 saturated heterocycles. The first-order valence-corrected chi connectivity index (χ1v) is 7.51. The molecule has 1 atom stereocenters. The third-order valence-corrected chi connectivity index (χ3v) is 4.21. The smallest absolute Gasteiger partial charge is 0.240 e. The number of allylic oxidation sites excluding steroid dienone is 2. The predicted octanol–water partition coefficient (Wildman–Crippen LogP) is 2.60. The zero-order chi connectivity index (χ0) is 15.7. The fourth-order valence-corrected chi connectivity index (χ4v) is 2.84. The van der Waals surface area contributed by atoms with E-state index in [1.54, 1.807) is 0 Å². The average Bonchev–Trinajstić information content (AvgIpc) is 2.80. The second-order valence-corrected chi connectivity index (χ2v) is 5.87. The number of hydrogen-bond donors (Lipinski definition) is 2. The van der Waals surface area contributed by atoms with Crippen LogP contribution in [0.2, 0.25) is 0 Å². The molecule has 1 aromatic rings. The fourth-order valence-electron chi connectivity index (χ4n) is 2.84. The normalized spacial score (nSPS) is 21.7. The lowest BCUT2D eigenvalue weighted by atomic mass is 9.94. The van der Waals surface area contributed by atoms with Crippen molar-refractivity contribution in [2.45, 2.75) is 33.1 Å². The van der Waals surface area contributed by atoms with Crippen LogP contribution < -0.4 is 10.7 Å². The van der Waals surface area contributed by atoms with Crippen LogP contribution in [0.25, 0.3) is 0 Å². The predicted molar refractivity (Wildman–Crippen MR) is 85.5 cm³/mol. The van der Waals surface area contributed by atoms with Crippen LogP contribution in [0.3, 0.4) is 0 Å². The van der Waals surface area contributed by atoms with Crippen LogP contribution in [-0.2, 0) is 9.59 Å². The van der Waals surface area contributed by atoms with Gasteiger partial charge in [-0.05, 0) is 31.0 Å². The van der Waals surface area contributed by atoms with Crippen LogP contribution >= 0.6 is 0 Å². The molecule has 2 N–H and O–H groups in total. The van der Waals surface area contributed by atoms with Gasteiger partial charge >= 0.3 is 0 Å². The molecule has 3 rings (SSSR count). The molecule has 22 heavy (non-hydrogen) atoms. The second kappa shape index (κ2) is 5.75. The van der Waals surface area contributed by atoms with Gasteiger partial charge in [-0.25, -0.2) is 5.43 Å². The maximum atomic E-state index is 11.5. The Hall–Kier alpha value is -2.43. The molecule has 0 spiro atoms. The second-order valence-electron chi connectivity index (χ2n) is 5.87. The number of ketones is 1. The van der Waals surface area contributed by atoms with Crippen molar-refractivity contribution in [3.63, 3.8) is 0 Å². The van der Waals surface area contributed by atoms with Crippen molar-refractivity contribution in [2.75, 3.05) is 5.32 Å². The van der Waals surface area contributed by atoms with Crippen LogP contribution in [0.4, 0.5) is 5.69 Å². The number of nitrogens with one attached hydrogen (secondary N) is 2. The van der Waals surface area contributed by atoms with E-state index in [0.29, 0.717) is 12.8 Å². The van der Waals surface area contributed by atoms with Gasteiger partial charge in [-0.3, -0.25) is 9.59 Å². The summed E-state index contributed by atoms with van der Waals surface area (Å²) in [6.45, 7) is 3.87. The van der Waals surface area contributed by atoms with Gasteiger partial charge in [0.15, 0.2) is 5.78 Å². The van der Waals surface area contributed by atoms with Crippen LogP contribution in [0.1, 0.15) is 38.7 Å². The van der Waals surface area contributed by atoms with Crippen molar-refractivity contribution < 1.29 is 9.59 Å². The number of nitrogens with zero attached hydrogens (tertiary/aromatic N) is 1. The van der Waals surface area contributed by atoms with E-state index in [2.05, 4.69) is 15.8 Å². The summed E-state index contributed by atoms with van der Waals surface area (Å²) in [4.78, 5) is 22.8. The van der Waals surface area contributed by atoms with Crippen LogP contribution in [-0.4, -0.2) is 17.4 Å². The molecule has 0 aromatic heterocycles. The molecule has 1 heterocycles. The third kappa shape index (κ3) is 2.79. The quantitative estimate of drug-likeness (QED) is 0.901. The Labute approximate surface area is 129 Å². The molecule has 1 aliphatic carbocycles. The molecule has 114 valence electrons. The van der Waals surface area contributed by atoms with Crippen molar-refractivity contribution in [3.8, 4) is 0 Å². The zero-order valence-electron chi connectivity index (χ0n) is 12.8. The van der Waals surface area contributed by atoms with Gasteiger partial charge in [-0.2, -0.15) is 5.10 Å². The molecule has 5 heteroatoms. The molecule has 1 aromatic carbocycles. The minimum Gasteiger partial charge on any atom is -0.359 e. The maximum absolute atomic E-state index is 11.5. The van der Waals surface area contributed by atoms with Gasteiger partial charge in [0, 0.05) is 35.7 Å². The highest BCUT2D eigenvalue weighted by atomic mass is 16.2. The summed E-state index contributed by atoms with van der Waals surface area (Å²) in [6.07, 6.45) is 1.84. The molecule has 5 nitrogen and oxygen atoms in total. The number of rotatable bonds is 3. The minimum atomic E-state index is -0.0390. The first-order chi connectivity index (χ1) is 10.5. The number of hydrazone groups is 1. The van der Waals surface area contributed by atoms with E-state index in [4.69, 9.17) is 0 Å². The van der Waals surface area contributed by atoms with Gasteiger partial charge in [0.2, 0.25) is 5.91 Å². The lowest BCUT2D eigenvalue weighted by molar-refractivity contribution is -0.122. The molecule has 1 unspecified atom stereocenters. The first kappa shape index (κ1) is 14.5. The zero-order valence-corrected chi connectivity index (χ0v) is 12.8. The summed E-state index contributed by atoms with van der Waals surface area (Å²) in [5.74, 6) is 0.299. The van der Waals surface area contributed by atoms with Gasteiger partial charge in [-0.1, -0.05) is 19.1 Å². The van der Waals surface area contributed by atoms with Gasteiger partial charge < -0.3 is 5.32 Å². The minimum absolute atomic E-state index is 0.0390. The van der Waals surface area contributed by atoms with Gasteiger partial charge in [0.1, 0.15) is 0 Å². The number of anilines is 1. The summed E-state index contributed by atoms with van der Waals surface area (Å²) >= 11 is 0. The SMILES string of the molecule is CC1=C(Nc2ccc(C3=NNC(=O)CC3C)cc2)CCC1=O. The van der Waals surface area contributed by atoms with Crippen molar-refractivity contribution in [2.24, 2.45) is 11.0 Å². The third-order valence-electron chi connectivity index (χ3n) is 4.21. The summed E-state index contributed by atoms with van der Waals surface area (Å²) in [6, 6.07) is 7.93. The summed E-state index contributed by atoms with van der Waals surface area (Å²) in [7, 11) is 0. The Morgan fingerprint density at radius 1 is 1.18 bits per heavy atom. The van der Waals surface area contributed by atoms with E-state index in [0.717, 1.165) is 34.7 Å². The van der Waals surface area contributed by atoms with E-state index >= 15 is 0 Å². The highest BCUT2D eigenvalue weighted by Gasteiger charge is 2.22. The summed E-state index contributed by atoms with van der Waals surface area (Å²) in [5, 5.41) is 7.48. The number of hydrogen-bond acceptors (Lipinski definition) is 4. The van der Waals surface area contributed by atoms with E-state index in [9.17, 15) is 9.59 Å². The first-order valence-electron chi connectivity index (χ1n) is 7.51. The number of carbonyl (C=O) groups is 2. The monoisotopic (exact) mass is 297 g/mol. The number of Topliss-reactive ketones (excluding diaryl/α,β-unsaturated/α-hetero) is 1. The average molecular weight is 297 g/mol. The molecule has 0 saturated carbocycles. The van der Waals surface area contributed by atoms with Gasteiger partial charge in [0.05, 0.1) is 5.71 Å². The fraction of sp³-hybridized carbons (Fsp3) is 0.353. The summed E-state index contributed by atoms with van der Waals surface area (Å²) < 4.78 is 0. The number of amides is 1. The highest BCUT2D eigenvalue weighted by molar-refractivity contribution is 6.05. The molecule has 0 fully saturated rings. The molecular formula is C17H19N3O2.